The Kier molecular flexibility index (Phi) is 4.66. The molecule has 1 aliphatic carbocycles. The van der Waals surface area contributed by atoms with Gasteiger partial charge in [0.2, 0.25) is 5.91 Å². The average Bonchev–Trinajstić information content (AvgIpc) is 3.02. The summed E-state index contributed by atoms with van der Waals surface area (Å²) in [5.74, 6) is 0.429. The highest BCUT2D eigenvalue weighted by molar-refractivity contribution is 7.86. The van der Waals surface area contributed by atoms with Crippen molar-refractivity contribution in [2.45, 2.75) is 48.0 Å². The summed E-state index contributed by atoms with van der Waals surface area (Å²) >= 11 is 0. The van der Waals surface area contributed by atoms with Crippen LogP contribution in [0.5, 0.6) is 0 Å². The Bertz CT molecular complexity index is 947. The smallest absolute Gasteiger partial charge is 0.347 e. The van der Waals surface area contributed by atoms with E-state index >= 15 is 0 Å². The molecule has 168 valence electrons. The van der Waals surface area contributed by atoms with Crippen molar-refractivity contribution in [3.63, 3.8) is 0 Å². The van der Waals surface area contributed by atoms with Crippen molar-refractivity contribution in [3.8, 4) is 0 Å². The van der Waals surface area contributed by atoms with Gasteiger partial charge < -0.3 is 15.1 Å². The fourth-order valence-corrected chi connectivity index (χ4v) is 6.48. The van der Waals surface area contributed by atoms with Crippen LogP contribution in [0.15, 0.2) is 29.2 Å². The zero-order chi connectivity index (χ0) is 22.0. The molecule has 10 heteroatoms. The lowest BCUT2D eigenvalue weighted by atomic mass is 9.56. The predicted molar refractivity (Wildman–Crippen MR) is 106 cm³/mol. The SMILES string of the molecule is O=C1CCC2(CN(C(=O)N3CC4(CC(Cc5cccc(S(=O)C(F)(F)F)c5)C4)C3)C2)N1. The van der Waals surface area contributed by atoms with E-state index in [0.29, 0.717) is 31.8 Å². The van der Waals surface area contributed by atoms with Gasteiger partial charge in [-0.15, -0.1) is 0 Å². The number of nitrogens with one attached hydrogen (secondary N) is 1. The van der Waals surface area contributed by atoms with Crippen molar-refractivity contribution in [2.75, 3.05) is 26.2 Å². The van der Waals surface area contributed by atoms with Gasteiger partial charge in [-0.25, -0.2) is 9.00 Å². The molecule has 1 atom stereocenters. The lowest BCUT2D eigenvalue weighted by Gasteiger charge is -2.61. The first kappa shape index (κ1) is 20.8. The maximum absolute atomic E-state index is 12.7. The Balaban J connectivity index is 1.08. The number of amides is 3. The third kappa shape index (κ3) is 3.72. The number of urea groups is 1. The van der Waals surface area contributed by atoms with Crippen molar-refractivity contribution >= 4 is 22.7 Å². The van der Waals surface area contributed by atoms with Crippen LogP contribution in [0.1, 0.15) is 31.2 Å². The second-order valence-corrected chi connectivity index (χ2v) is 11.1. The van der Waals surface area contributed by atoms with E-state index in [4.69, 9.17) is 0 Å². The van der Waals surface area contributed by atoms with Gasteiger partial charge in [-0.2, -0.15) is 13.2 Å². The van der Waals surface area contributed by atoms with Crippen molar-refractivity contribution in [1.82, 2.24) is 15.1 Å². The fourth-order valence-electron chi connectivity index (χ4n) is 5.75. The first-order valence-corrected chi connectivity index (χ1v) is 11.6. The number of alkyl halides is 3. The number of halogens is 3. The molecule has 6 nitrogen and oxygen atoms in total. The van der Waals surface area contributed by atoms with Crippen LogP contribution in [-0.4, -0.2) is 63.2 Å². The Hall–Kier alpha value is -2.10. The minimum Gasteiger partial charge on any atom is -0.347 e. The van der Waals surface area contributed by atoms with Crippen LogP contribution >= 0.6 is 0 Å². The molecule has 2 spiro atoms. The van der Waals surface area contributed by atoms with Crippen LogP contribution in [0.25, 0.3) is 0 Å². The highest BCUT2D eigenvalue weighted by atomic mass is 32.2. The molecule has 1 unspecified atom stereocenters. The molecule has 1 N–H and O–H groups in total. The summed E-state index contributed by atoms with van der Waals surface area (Å²) in [6, 6.07) is 5.98. The van der Waals surface area contributed by atoms with E-state index in [0.717, 1.165) is 37.9 Å². The van der Waals surface area contributed by atoms with Gasteiger partial charge in [-0.3, -0.25) is 4.79 Å². The fraction of sp³-hybridized carbons (Fsp3) is 0.619. The molecule has 4 fully saturated rings. The van der Waals surface area contributed by atoms with Crippen molar-refractivity contribution in [2.24, 2.45) is 11.3 Å². The zero-order valence-corrected chi connectivity index (χ0v) is 17.7. The molecule has 3 heterocycles. The van der Waals surface area contributed by atoms with Gasteiger partial charge >= 0.3 is 11.5 Å². The van der Waals surface area contributed by atoms with E-state index in [9.17, 15) is 27.0 Å². The molecule has 3 saturated heterocycles. The predicted octanol–water partition coefficient (Wildman–Crippen LogP) is 2.65. The summed E-state index contributed by atoms with van der Waals surface area (Å²) in [7, 11) is -3.00. The number of nitrogens with zero attached hydrogens (tertiary/aromatic N) is 2. The summed E-state index contributed by atoms with van der Waals surface area (Å²) in [6.45, 7) is 2.60. The maximum Gasteiger partial charge on any atom is 0.475 e. The average molecular weight is 456 g/mol. The lowest BCUT2D eigenvalue weighted by Crippen LogP contribution is -2.73. The number of hydrogen-bond donors (Lipinski definition) is 1. The maximum atomic E-state index is 12.7. The molecule has 1 aromatic rings. The molecule has 1 aromatic carbocycles. The van der Waals surface area contributed by atoms with E-state index in [1.165, 1.54) is 18.2 Å². The molecular weight excluding hydrogens is 431 g/mol. The van der Waals surface area contributed by atoms with Gasteiger partial charge in [0.1, 0.15) is 0 Å². The highest BCUT2D eigenvalue weighted by Crippen LogP contribution is 2.53. The van der Waals surface area contributed by atoms with E-state index in [1.54, 1.807) is 11.0 Å². The topological polar surface area (TPSA) is 69.7 Å². The summed E-state index contributed by atoms with van der Waals surface area (Å²) < 4.78 is 49.7. The molecule has 31 heavy (non-hydrogen) atoms. The summed E-state index contributed by atoms with van der Waals surface area (Å²) in [5.41, 5.74) is -4.05. The Labute approximate surface area is 180 Å². The highest BCUT2D eigenvalue weighted by Gasteiger charge is 2.56. The second kappa shape index (κ2) is 6.95. The van der Waals surface area contributed by atoms with Crippen molar-refractivity contribution in [3.05, 3.63) is 29.8 Å². The second-order valence-electron chi connectivity index (χ2n) is 9.66. The van der Waals surface area contributed by atoms with Gasteiger partial charge in [0.25, 0.3) is 0 Å². The van der Waals surface area contributed by atoms with Crippen LogP contribution in [-0.2, 0) is 22.0 Å². The first-order chi connectivity index (χ1) is 14.6. The van der Waals surface area contributed by atoms with Crippen LogP contribution < -0.4 is 5.32 Å². The summed E-state index contributed by atoms with van der Waals surface area (Å²) in [6.07, 6.45) is 3.88. The van der Waals surface area contributed by atoms with Gasteiger partial charge in [0.15, 0.2) is 10.8 Å². The third-order valence-corrected chi connectivity index (χ3v) is 8.21. The van der Waals surface area contributed by atoms with E-state index in [2.05, 4.69) is 5.32 Å². The van der Waals surface area contributed by atoms with Crippen LogP contribution in [0.2, 0.25) is 0 Å². The van der Waals surface area contributed by atoms with Gasteiger partial charge in [-0.1, -0.05) is 12.1 Å². The standard InChI is InChI=1S/C21H24F3N3O3S/c22-21(23,24)31(30)16-3-1-2-14(7-16)6-15-8-19(9-15)10-26(11-19)18(29)27-12-20(13-27)5-4-17(28)25-20/h1-3,7,15H,4-6,8-13H2,(H,25,28). The Morgan fingerprint density at radius 3 is 2.45 bits per heavy atom. The largest absolute Gasteiger partial charge is 0.475 e. The molecule has 3 aliphatic heterocycles. The summed E-state index contributed by atoms with van der Waals surface area (Å²) in [4.78, 5) is 27.5. The van der Waals surface area contributed by atoms with Gasteiger partial charge in [0.05, 0.1) is 5.54 Å². The molecule has 3 amide bonds. The summed E-state index contributed by atoms with van der Waals surface area (Å²) in [5, 5.41) is 2.98. The molecule has 0 bridgehead atoms. The number of likely N-dealkylation sites (tertiary alicyclic amines) is 2. The number of carbonyl (C=O) groups excluding carboxylic acids is 2. The van der Waals surface area contributed by atoms with E-state index in [1.807, 2.05) is 4.90 Å². The molecule has 0 radical (unpaired) electrons. The number of carbonyl (C=O) groups is 2. The van der Waals surface area contributed by atoms with E-state index < -0.39 is 16.3 Å². The number of benzene rings is 1. The monoisotopic (exact) mass is 455 g/mol. The van der Waals surface area contributed by atoms with Crippen LogP contribution in [0.3, 0.4) is 0 Å². The van der Waals surface area contributed by atoms with E-state index in [-0.39, 0.29) is 27.8 Å². The van der Waals surface area contributed by atoms with Crippen LogP contribution in [0, 0.1) is 11.3 Å². The van der Waals surface area contributed by atoms with Crippen LogP contribution in [0.4, 0.5) is 18.0 Å². The quantitative estimate of drug-likeness (QED) is 0.762. The lowest BCUT2D eigenvalue weighted by molar-refractivity contribution is -0.120. The van der Waals surface area contributed by atoms with Crippen molar-refractivity contribution < 1.29 is 27.0 Å². The van der Waals surface area contributed by atoms with Crippen molar-refractivity contribution in [1.29, 1.82) is 0 Å². The molecule has 5 rings (SSSR count). The normalized spacial score (nSPS) is 25.1. The minimum atomic E-state index is -4.75. The Morgan fingerprint density at radius 2 is 1.84 bits per heavy atom. The minimum absolute atomic E-state index is 0.0307. The number of hydrogen-bond acceptors (Lipinski definition) is 3. The molecule has 0 aromatic heterocycles. The Morgan fingerprint density at radius 1 is 1.16 bits per heavy atom. The van der Waals surface area contributed by atoms with Gasteiger partial charge in [-0.05, 0) is 49.3 Å². The number of rotatable bonds is 3. The molecule has 4 aliphatic rings. The first-order valence-electron chi connectivity index (χ1n) is 10.5. The van der Waals surface area contributed by atoms with Gasteiger partial charge in [0, 0.05) is 42.9 Å². The third-order valence-electron chi connectivity index (χ3n) is 7.11. The molecule has 1 saturated carbocycles. The molecular formula is C21H24F3N3O3S. The zero-order valence-electron chi connectivity index (χ0n) is 16.9.